The lowest BCUT2D eigenvalue weighted by molar-refractivity contribution is -0.359. The highest BCUT2D eigenvalue weighted by Crippen LogP contribution is 2.30. The van der Waals surface area contributed by atoms with E-state index in [0.717, 1.165) is 44.9 Å². The summed E-state index contributed by atoms with van der Waals surface area (Å²) in [5, 5.41) is 87.1. The van der Waals surface area contributed by atoms with E-state index >= 15 is 0 Å². The maximum Gasteiger partial charge on any atom is 0.220 e. The van der Waals surface area contributed by atoms with Crippen molar-refractivity contribution in [3.8, 4) is 0 Å². The summed E-state index contributed by atoms with van der Waals surface area (Å²) in [5.41, 5.74) is 0. The van der Waals surface area contributed by atoms with Gasteiger partial charge in [-0.05, 0) is 44.9 Å². The van der Waals surface area contributed by atoms with Gasteiger partial charge in [-0.25, -0.2) is 0 Å². The van der Waals surface area contributed by atoms with Gasteiger partial charge in [0.25, 0.3) is 0 Å². The molecule has 0 saturated carbocycles. The molecule has 0 aromatic rings. The fraction of sp³-hybridized carbons (Fsp3) is 0.889. The molecule has 2 rings (SSSR count). The van der Waals surface area contributed by atoms with E-state index in [2.05, 4.69) is 43.5 Å². The highest BCUT2D eigenvalue weighted by Gasteiger charge is 2.51. The van der Waals surface area contributed by atoms with Crippen molar-refractivity contribution in [2.45, 2.75) is 338 Å². The Labute approximate surface area is 468 Å². The smallest absolute Gasteiger partial charge is 0.220 e. The monoisotopic (exact) mass is 1100 g/mol. The van der Waals surface area contributed by atoms with Crippen LogP contribution in [0, 0.1) is 0 Å². The minimum atomic E-state index is -1.79. The molecule has 12 unspecified atom stereocenters. The number of carbonyl (C=O) groups is 1. The molecule has 12 atom stereocenters. The van der Waals surface area contributed by atoms with E-state index in [1.54, 1.807) is 6.08 Å². The first kappa shape index (κ1) is 71.3. The average Bonchev–Trinajstić information content (AvgIpc) is 3.44. The molecule has 2 fully saturated rings. The van der Waals surface area contributed by atoms with Crippen LogP contribution in [0.15, 0.2) is 36.5 Å². The molecule has 14 heteroatoms. The lowest BCUT2D eigenvalue weighted by Gasteiger charge is -2.46. The molecule has 452 valence electrons. The number of unbranched alkanes of at least 4 members (excludes halogenated alkanes) is 34. The van der Waals surface area contributed by atoms with Crippen molar-refractivity contribution in [2.75, 3.05) is 19.8 Å². The minimum Gasteiger partial charge on any atom is -0.394 e. The summed E-state index contributed by atoms with van der Waals surface area (Å²) < 4.78 is 22.8. The number of allylic oxidation sites excluding steroid dienone is 5. The topological polar surface area (TPSA) is 228 Å². The van der Waals surface area contributed by atoms with Gasteiger partial charge >= 0.3 is 0 Å². The molecule has 1 amide bonds. The minimum absolute atomic E-state index is 0.249. The van der Waals surface area contributed by atoms with Crippen LogP contribution < -0.4 is 5.32 Å². The summed E-state index contributed by atoms with van der Waals surface area (Å²) in [6.45, 7) is 2.79. The fourth-order valence-corrected chi connectivity index (χ4v) is 10.4. The molecule has 0 aliphatic carbocycles. The number of ether oxygens (including phenoxy) is 4. The molecular formula is C63H117NO13. The van der Waals surface area contributed by atoms with Crippen LogP contribution in [0.3, 0.4) is 0 Å². The fourth-order valence-electron chi connectivity index (χ4n) is 10.4. The zero-order chi connectivity index (χ0) is 56.0. The van der Waals surface area contributed by atoms with Gasteiger partial charge in [-0.1, -0.05) is 249 Å². The Morgan fingerprint density at radius 2 is 0.831 bits per heavy atom. The van der Waals surface area contributed by atoms with Gasteiger partial charge in [-0.2, -0.15) is 0 Å². The summed E-state index contributed by atoms with van der Waals surface area (Å²) in [7, 11) is 0. The molecule has 0 bridgehead atoms. The first-order valence-corrected chi connectivity index (χ1v) is 31.7. The molecule has 14 nitrogen and oxygen atoms in total. The van der Waals surface area contributed by atoms with Crippen LogP contribution in [0.25, 0.3) is 0 Å². The number of carbonyl (C=O) groups excluding carboxylic acids is 1. The first-order chi connectivity index (χ1) is 37.6. The van der Waals surface area contributed by atoms with Crippen molar-refractivity contribution >= 4 is 5.91 Å². The zero-order valence-corrected chi connectivity index (χ0v) is 48.7. The first-order valence-electron chi connectivity index (χ1n) is 31.7. The molecule has 0 aromatic heterocycles. The van der Waals surface area contributed by atoms with Gasteiger partial charge in [-0.3, -0.25) is 4.79 Å². The Morgan fingerprint density at radius 1 is 0.455 bits per heavy atom. The van der Waals surface area contributed by atoms with Gasteiger partial charge < -0.3 is 65.1 Å². The summed E-state index contributed by atoms with van der Waals surface area (Å²) in [4.78, 5) is 13.3. The Hall–Kier alpha value is -1.79. The van der Waals surface area contributed by atoms with Crippen molar-refractivity contribution < 1.29 is 64.6 Å². The van der Waals surface area contributed by atoms with Crippen molar-refractivity contribution in [1.82, 2.24) is 5.32 Å². The van der Waals surface area contributed by atoms with E-state index < -0.39 is 86.8 Å². The lowest BCUT2D eigenvalue weighted by atomic mass is 9.97. The second-order valence-electron chi connectivity index (χ2n) is 22.5. The third-order valence-electron chi connectivity index (χ3n) is 15.6. The Bertz CT molecular complexity index is 1430. The Morgan fingerprint density at radius 3 is 1.27 bits per heavy atom. The molecule has 2 heterocycles. The van der Waals surface area contributed by atoms with Gasteiger partial charge in [0.2, 0.25) is 5.91 Å². The van der Waals surface area contributed by atoms with Crippen LogP contribution in [-0.2, 0) is 23.7 Å². The normalized spacial score (nSPS) is 24.9. The van der Waals surface area contributed by atoms with E-state index in [4.69, 9.17) is 18.9 Å². The predicted molar refractivity (Wildman–Crippen MR) is 309 cm³/mol. The number of aliphatic hydroxyl groups excluding tert-OH is 8. The second-order valence-corrected chi connectivity index (χ2v) is 22.5. The Kier molecular flexibility index (Phi) is 45.3. The van der Waals surface area contributed by atoms with Gasteiger partial charge in [0, 0.05) is 6.42 Å². The van der Waals surface area contributed by atoms with E-state index in [9.17, 15) is 45.6 Å². The SMILES string of the molecule is CCCCCCCCC/C=C/CC/C=C/CC/C=C/C(O)C(COC1OC(CO)C(OC2OC(CO)C(O)C(O)C2O)C(O)C1O)NC(=O)CCCCCCCCCCCCCCCCCCCCCCCCCCCC. The van der Waals surface area contributed by atoms with Crippen LogP contribution in [0.1, 0.15) is 264 Å². The van der Waals surface area contributed by atoms with E-state index in [0.29, 0.717) is 12.8 Å². The lowest BCUT2D eigenvalue weighted by Crippen LogP contribution is -2.65. The van der Waals surface area contributed by atoms with E-state index in [1.165, 1.54) is 186 Å². The number of nitrogens with one attached hydrogen (secondary N) is 1. The van der Waals surface area contributed by atoms with Crippen LogP contribution in [0.2, 0.25) is 0 Å². The third-order valence-corrected chi connectivity index (χ3v) is 15.6. The van der Waals surface area contributed by atoms with Crippen LogP contribution >= 0.6 is 0 Å². The highest BCUT2D eigenvalue weighted by atomic mass is 16.7. The summed E-state index contributed by atoms with van der Waals surface area (Å²) in [5.74, 6) is -0.249. The van der Waals surface area contributed by atoms with E-state index in [1.807, 2.05) is 6.08 Å². The standard InChI is InChI=1S/C63H117NO13/c1-3-5-7-9-11-13-15-17-19-21-22-23-24-25-26-27-28-29-31-33-35-37-39-41-43-45-47-55(68)64-51(52(67)46-44-42-40-38-36-34-32-30-20-18-16-14-12-10-8-6-4-2)50-74-62-60(73)58(71)61(54(49-66)76-62)77-63-59(72)57(70)56(69)53(48-65)75-63/h20,30,36,38,44,46,51-54,56-63,65-67,69-73H,3-19,21-29,31-35,37,39-43,45,47-50H2,1-2H3,(H,64,68)/b30-20+,38-36+,46-44+. The molecule has 0 aromatic carbocycles. The quantitative estimate of drug-likeness (QED) is 0.0204. The third kappa shape index (κ3) is 34.3. The van der Waals surface area contributed by atoms with Crippen molar-refractivity contribution in [3.05, 3.63) is 36.5 Å². The molecular weight excluding hydrogens is 979 g/mol. The Balaban J connectivity index is 1.72. The summed E-state index contributed by atoms with van der Waals surface area (Å²) in [6.07, 6.45) is 43.4. The van der Waals surface area contributed by atoms with Crippen molar-refractivity contribution in [1.29, 1.82) is 0 Å². The van der Waals surface area contributed by atoms with E-state index in [-0.39, 0.29) is 18.9 Å². The molecule has 2 aliphatic rings. The average molecular weight is 1100 g/mol. The number of hydrogen-bond donors (Lipinski definition) is 9. The van der Waals surface area contributed by atoms with Gasteiger partial charge in [0.1, 0.15) is 48.8 Å². The predicted octanol–water partition coefficient (Wildman–Crippen LogP) is 11.4. The number of aliphatic hydroxyl groups is 8. The van der Waals surface area contributed by atoms with Crippen LogP contribution in [0.4, 0.5) is 0 Å². The summed E-state index contributed by atoms with van der Waals surface area (Å²) in [6, 6.07) is -0.935. The molecule has 2 aliphatic heterocycles. The van der Waals surface area contributed by atoms with Gasteiger partial charge in [-0.15, -0.1) is 0 Å². The molecule has 77 heavy (non-hydrogen) atoms. The second kappa shape index (κ2) is 48.9. The maximum atomic E-state index is 13.3. The highest BCUT2D eigenvalue weighted by molar-refractivity contribution is 5.76. The van der Waals surface area contributed by atoms with Crippen molar-refractivity contribution in [2.24, 2.45) is 0 Å². The van der Waals surface area contributed by atoms with Crippen LogP contribution in [0.5, 0.6) is 0 Å². The van der Waals surface area contributed by atoms with Crippen molar-refractivity contribution in [3.63, 3.8) is 0 Å². The summed E-state index contributed by atoms with van der Waals surface area (Å²) >= 11 is 0. The van der Waals surface area contributed by atoms with Crippen LogP contribution in [-0.4, -0.2) is 140 Å². The molecule has 2 saturated heterocycles. The number of hydrogen-bond acceptors (Lipinski definition) is 13. The molecule has 9 N–H and O–H groups in total. The maximum absolute atomic E-state index is 13.3. The number of rotatable bonds is 51. The van der Waals surface area contributed by atoms with Gasteiger partial charge in [0.15, 0.2) is 12.6 Å². The molecule has 0 radical (unpaired) electrons. The zero-order valence-electron chi connectivity index (χ0n) is 48.7. The van der Waals surface area contributed by atoms with Gasteiger partial charge in [0.05, 0.1) is 32.0 Å². The number of amides is 1. The molecule has 0 spiro atoms. The largest absolute Gasteiger partial charge is 0.394 e.